The number of rotatable bonds is 11. The number of aliphatic hydroxyl groups is 1. The summed E-state index contributed by atoms with van der Waals surface area (Å²) in [5.74, 6) is -0.752. The van der Waals surface area contributed by atoms with E-state index in [1.165, 1.54) is 4.90 Å². The summed E-state index contributed by atoms with van der Waals surface area (Å²) >= 11 is 0. The Labute approximate surface area is 413 Å². The van der Waals surface area contributed by atoms with Gasteiger partial charge in [-0.15, -0.1) is 0 Å². The predicted molar refractivity (Wildman–Crippen MR) is 270 cm³/mol. The number of imide groups is 1. The molecule has 0 radical (unpaired) electrons. The van der Waals surface area contributed by atoms with Crippen LogP contribution in [0.1, 0.15) is 139 Å². The quantitative estimate of drug-likeness (QED) is 0.107. The Balaban J connectivity index is 0.000000355. The average Bonchev–Trinajstić information content (AvgIpc) is 3.94. The number of hydrogen-bond acceptors (Lipinski definition) is 13. The second-order valence-corrected chi connectivity index (χ2v) is 18.4. The second kappa shape index (κ2) is 24.8. The van der Waals surface area contributed by atoms with Crippen molar-refractivity contribution in [2.24, 2.45) is 0 Å². The van der Waals surface area contributed by atoms with Gasteiger partial charge < -0.3 is 34.7 Å². The van der Waals surface area contributed by atoms with Crippen molar-refractivity contribution in [2.45, 2.75) is 144 Å². The Bertz CT molecular complexity index is 2420. The van der Waals surface area contributed by atoms with Gasteiger partial charge >= 0.3 is 12.2 Å². The van der Waals surface area contributed by atoms with Gasteiger partial charge in [0.15, 0.2) is 23.8 Å². The lowest BCUT2D eigenvalue weighted by molar-refractivity contribution is -0.0371. The molecule has 0 aliphatic carbocycles. The van der Waals surface area contributed by atoms with Crippen LogP contribution < -0.4 is 10.6 Å². The molecule has 2 saturated heterocycles. The summed E-state index contributed by atoms with van der Waals surface area (Å²) in [5, 5.41) is 25.8. The van der Waals surface area contributed by atoms with Crippen molar-refractivity contribution in [3.8, 4) is 0 Å². The van der Waals surface area contributed by atoms with Crippen LogP contribution in [0, 0.1) is 0 Å². The zero-order chi connectivity index (χ0) is 45.6. The van der Waals surface area contributed by atoms with Gasteiger partial charge in [0.1, 0.15) is 11.2 Å². The minimum atomic E-state index is -0.694. The monoisotopic (exact) mass is 981 g/mol. The van der Waals surface area contributed by atoms with E-state index in [2.05, 4.69) is 30.8 Å². The number of fused-ring (bicyclic) bond motifs is 3. The Hall–Kier alpha value is -5.28. The van der Waals surface area contributed by atoms with Gasteiger partial charge in [-0.3, -0.25) is 14.5 Å². The first kappa shape index (κ1) is 57.0. The number of nitrogens with one attached hydrogen (secondary N) is 2. The normalized spacial score (nSPS) is 17.7. The molecule has 0 bridgehead atoms. The van der Waals surface area contributed by atoms with Crippen LogP contribution in [0.3, 0.4) is 0 Å². The first-order valence-corrected chi connectivity index (χ1v) is 22.0. The van der Waals surface area contributed by atoms with E-state index in [1.54, 1.807) is 90.6 Å². The van der Waals surface area contributed by atoms with Crippen LogP contribution in [0.15, 0.2) is 61.2 Å². The van der Waals surface area contributed by atoms with Crippen molar-refractivity contribution in [1.82, 2.24) is 45.1 Å². The molecule has 2 fully saturated rings. The number of benzene rings is 1. The summed E-state index contributed by atoms with van der Waals surface area (Å²) < 4.78 is 26.0. The molecular formula is C48H71N9O9S2. The van der Waals surface area contributed by atoms with Crippen molar-refractivity contribution in [2.75, 3.05) is 26.4 Å². The minimum absolute atomic E-state index is 0. The maximum atomic E-state index is 13.0. The molecule has 20 heteroatoms. The van der Waals surface area contributed by atoms with Gasteiger partial charge in [0, 0.05) is 36.4 Å². The molecule has 18 nitrogen and oxygen atoms in total. The predicted octanol–water partition coefficient (Wildman–Crippen LogP) is 7.92. The largest absolute Gasteiger partial charge is 0.444 e. The molecule has 68 heavy (non-hydrogen) atoms. The molecule has 0 saturated carbocycles. The van der Waals surface area contributed by atoms with Crippen LogP contribution in [0.5, 0.6) is 0 Å². The summed E-state index contributed by atoms with van der Waals surface area (Å²) in [6.07, 6.45) is 12.6. The number of pyridine rings is 2. The number of carbonyl (C=O) groups is 4. The lowest BCUT2D eigenvalue weighted by Crippen LogP contribution is -2.48. The third-order valence-corrected chi connectivity index (χ3v) is 10.7. The van der Waals surface area contributed by atoms with E-state index in [4.69, 9.17) is 18.9 Å². The molecule has 8 rings (SSSR count). The van der Waals surface area contributed by atoms with Crippen LogP contribution >= 0.6 is 27.0 Å². The molecule has 4 atom stereocenters. The van der Waals surface area contributed by atoms with Crippen LogP contribution in [-0.4, -0.2) is 113 Å². The van der Waals surface area contributed by atoms with Crippen molar-refractivity contribution in [1.29, 1.82) is 0 Å². The fourth-order valence-electron chi connectivity index (χ4n) is 7.91. The second-order valence-electron chi connectivity index (χ2n) is 18.4. The lowest BCUT2D eigenvalue weighted by atomic mass is 10.1. The molecule has 4 unspecified atom stereocenters. The Morgan fingerprint density at radius 1 is 0.706 bits per heavy atom. The number of ether oxygens (including phenoxy) is 4. The van der Waals surface area contributed by atoms with Gasteiger partial charge in [-0.25, -0.2) is 28.9 Å². The van der Waals surface area contributed by atoms with Crippen LogP contribution in [0.2, 0.25) is 0 Å². The molecule has 374 valence electrons. The fourth-order valence-corrected chi connectivity index (χ4v) is 7.91. The molecule has 4 aromatic heterocycles. The number of aliphatic hydroxyl groups excluding tert-OH is 1. The summed E-state index contributed by atoms with van der Waals surface area (Å²) in [7, 11) is 0. The highest BCUT2D eigenvalue weighted by molar-refractivity contribution is 7.59. The van der Waals surface area contributed by atoms with Crippen molar-refractivity contribution in [3.63, 3.8) is 0 Å². The van der Waals surface area contributed by atoms with Gasteiger partial charge in [0.25, 0.3) is 11.8 Å². The molecule has 3 aliphatic heterocycles. The Kier molecular flexibility index (Phi) is 20.8. The van der Waals surface area contributed by atoms with E-state index in [0.717, 1.165) is 78.3 Å². The Morgan fingerprint density at radius 2 is 1.13 bits per heavy atom. The molecule has 5 aromatic rings. The topological polar surface area (TPSA) is 214 Å². The third kappa shape index (κ3) is 14.6. The molecule has 0 spiro atoms. The third-order valence-electron chi connectivity index (χ3n) is 10.7. The van der Waals surface area contributed by atoms with Gasteiger partial charge in [-0.2, -0.15) is 37.2 Å². The number of nitrogens with zero attached hydrogens (tertiary/aromatic N) is 7. The summed E-state index contributed by atoms with van der Waals surface area (Å²) in [5.41, 5.74) is 2.70. The molecule has 4 amide bonds. The fraction of sp³-hybridized carbons (Fsp3) is 0.542. The van der Waals surface area contributed by atoms with Gasteiger partial charge in [0.05, 0.1) is 48.8 Å². The summed E-state index contributed by atoms with van der Waals surface area (Å²) in [6, 6.07) is 9.63. The van der Waals surface area contributed by atoms with Crippen LogP contribution in [0.4, 0.5) is 9.59 Å². The first-order valence-electron chi connectivity index (χ1n) is 22.0. The average molecular weight is 982 g/mol. The van der Waals surface area contributed by atoms with Gasteiger partial charge in [-0.05, 0) is 128 Å². The van der Waals surface area contributed by atoms with Crippen LogP contribution in [-0.2, 0) is 31.8 Å². The van der Waals surface area contributed by atoms with E-state index in [9.17, 15) is 24.3 Å². The summed E-state index contributed by atoms with van der Waals surface area (Å²) in [4.78, 5) is 60.8. The van der Waals surface area contributed by atoms with E-state index < -0.39 is 35.5 Å². The number of alkyl carbamates (subject to hydrolysis) is 2. The molecule has 3 aliphatic rings. The van der Waals surface area contributed by atoms with E-state index >= 15 is 0 Å². The Morgan fingerprint density at radius 3 is 1.53 bits per heavy atom. The van der Waals surface area contributed by atoms with E-state index in [-0.39, 0.29) is 79.3 Å². The maximum Gasteiger partial charge on any atom is 0.407 e. The zero-order valence-corrected chi connectivity index (χ0v) is 40.4. The standard InChI is InChI=1S/C27H31N5O5.C19H28N4O4.2CH4.2H2S/c1-27(2,3)37-26(35)30-19(16-31-24(33)20-8-4-5-9-21(20)25(31)34)13-17-12-18-15-29-32(23(18)28-14-17)22-10-6-7-11-36-22;1-19(2,3)27-18(25)22-15(12-24)9-13-8-14-11-21-23(17(14)20-10-13)16-6-4-5-7-26-16;;;;/h4-5,8-9,12,14-15,19,22H,6-7,10-11,13,16H2,1-3H3,(H,30,35);8,10-11,15-16,24H,4-7,9,12H2,1-3H3,(H,22,25);2*1H4;2*1H2. The summed E-state index contributed by atoms with van der Waals surface area (Å²) in [6.45, 7) is 12.0. The van der Waals surface area contributed by atoms with Crippen molar-refractivity contribution >= 4 is 73.1 Å². The van der Waals surface area contributed by atoms with E-state index in [1.807, 2.05) is 21.5 Å². The molecule has 7 heterocycles. The SMILES string of the molecule is C.C.CC(C)(C)OC(=O)NC(CO)Cc1cnc2c(cnn2C2CCCCO2)c1.CC(C)(C)OC(=O)NC(Cc1cnc2c(cnn2C2CCCCO2)c1)CN1C(=O)c2ccccc2C1=O.S.S. The molecule has 1 aromatic carbocycles. The highest BCUT2D eigenvalue weighted by atomic mass is 32.1. The highest BCUT2D eigenvalue weighted by Gasteiger charge is 2.37. The van der Waals surface area contributed by atoms with Crippen LogP contribution in [0.25, 0.3) is 22.1 Å². The highest BCUT2D eigenvalue weighted by Crippen LogP contribution is 2.28. The first-order chi connectivity index (χ1) is 30.5. The van der Waals surface area contributed by atoms with Crippen molar-refractivity contribution < 1.29 is 43.2 Å². The maximum absolute atomic E-state index is 13.0. The van der Waals surface area contributed by atoms with Crippen molar-refractivity contribution in [3.05, 3.63) is 83.4 Å². The van der Waals surface area contributed by atoms with Gasteiger partial charge in [-0.1, -0.05) is 27.0 Å². The number of hydrogen-bond donors (Lipinski definition) is 3. The van der Waals surface area contributed by atoms with Gasteiger partial charge in [0.2, 0.25) is 0 Å². The number of carbonyl (C=O) groups excluding carboxylic acids is 4. The lowest BCUT2D eigenvalue weighted by Gasteiger charge is -2.26. The van der Waals surface area contributed by atoms with E-state index in [0.29, 0.717) is 30.6 Å². The molecule has 3 N–H and O–H groups in total. The molecular weight excluding hydrogens is 911 g/mol. The minimum Gasteiger partial charge on any atom is -0.444 e. The number of amides is 4. The zero-order valence-electron chi connectivity index (χ0n) is 38.4. The number of aromatic nitrogens is 6. The smallest absolute Gasteiger partial charge is 0.407 e.